The minimum absolute atomic E-state index is 0.263. The molecule has 0 unspecified atom stereocenters. The average molecular weight is 367 g/mol. The Morgan fingerprint density at radius 2 is 1.52 bits per heavy atom. The molecule has 4 bridgehead atoms. The third-order valence-corrected chi connectivity index (χ3v) is 7.90. The first-order valence-electron chi connectivity index (χ1n) is 11.3. The van der Waals surface area contributed by atoms with Crippen molar-refractivity contribution in [2.24, 2.45) is 17.8 Å². The predicted molar refractivity (Wildman–Crippen MR) is 110 cm³/mol. The highest BCUT2D eigenvalue weighted by molar-refractivity contribution is 5.95. The average Bonchev–Trinajstić information content (AvgIpc) is 2.67. The molecule has 0 spiro atoms. The third-order valence-electron chi connectivity index (χ3n) is 7.90. The Hall–Kier alpha value is -1.35. The van der Waals surface area contributed by atoms with Crippen LogP contribution in [0.1, 0.15) is 70.6 Å². The van der Waals surface area contributed by atoms with Gasteiger partial charge in [0.1, 0.15) is 0 Å². The fraction of sp³-hybridized carbons (Fsp3) is 0.708. The molecule has 146 valence electrons. The highest BCUT2D eigenvalue weighted by atomic mass is 16.2. The minimum atomic E-state index is 0.263. The van der Waals surface area contributed by atoms with Crippen LogP contribution in [0.5, 0.6) is 0 Å². The lowest BCUT2D eigenvalue weighted by molar-refractivity contribution is -0.119. The molecule has 3 nitrogen and oxygen atoms in total. The van der Waals surface area contributed by atoms with Crippen LogP contribution in [0, 0.1) is 17.8 Å². The van der Waals surface area contributed by atoms with Gasteiger partial charge in [-0.1, -0.05) is 37.5 Å². The van der Waals surface area contributed by atoms with Crippen molar-refractivity contribution in [3.05, 3.63) is 30.3 Å². The summed E-state index contributed by atoms with van der Waals surface area (Å²) in [4.78, 5) is 15.5. The molecule has 1 aromatic carbocycles. The van der Waals surface area contributed by atoms with Gasteiger partial charge >= 0.3 is 0 Å². The van der Waals surface area contributed by atoms with Crippen LogP contribution in [0.2, 0.25) is 0 Å². The van der Waals surface area contributed by atoms with Crippen LogP contribution >= 0.6 is 0 Å². The lowest BCUT2D eigenvalue weighted by Gasteiger charge is -2.57. The van der Waals surface area contributed by atoms with Crippen LogP contribution < -0.4 is 10.2 Å². The van der Waals surface area contributed by atoms with Crippen molar-refractivity contribution in [3.63, 3.8) is 0 Å². The lowest BCUT2D eigenvalue weighted by atomic mass is 9.53. The van der Waals surface area contributed by atoms with Crippen molar-refractivity contribution in [1.82, 2.24) is 5.32 Å². The molecule has 27 heavy (non-hydrogen) atoms. The van der Waals surface area contributed by atoms with E-state index in [1.807, 2.05) is 6.07 Å². The monoisotopic (exact) mass is 366 g/mol. The fourth-order valence-corrected chi connectivity index (χ4v) is 7.16. The van der Waals surface area contributed by atoms with Gasteiger partial charge in [-0.3, -0.25) is 4.79 Å². The van der Waals surface area contributed by atoms with E-state index in [9.17, 15) is 4.79 Å². The number of carbonyl (C=O) groups is 1. The minimum Gasteiger partial charge on any atom is -0.308 e. The van der Waals surface area contributed by atoms with Gasteiger partial charge in [-0.05, 0) is 81.3 Å². The number of amides is 1. The second-order valence-corrected chi connectivity index (χ2v) is 9.94. The predicted octanol–water partition coefficient (Wildman–Crippen LogP) is 4.91. The summed E-state index contributed by atoms with van der Waals surface area (Å²) in [7, 11) is 0. The Kier molecular flexibility index (Phi) is 4.75. The third kappa shape index (κ3) is 3.55. The highest BCUT2D eigenvalue weighted by Gasteiger charge is 2.50. The normalized spacial score (nSPS) is 35.3. The molecule has 5 aliphatic carbocycles. The zero-order valence-corrected chi connectivity index (χ0v) is 16.5. The van der Waals surface area contributed by atoms with Crippen molar-refractivity contribution in [1.29, 1.82) is 0 Å². The number of para-hydroxylation sites is 1. The van der Waals surface area contributed by atoms with Gasteiger partial charge in [0.25, 0.3) is 0 Å². The Morgan fingerprint density at radius 3 is 2.11 bits per heavy atom. The number of nitrogens with zero attached hydrogens (tertiary/aromatic N) is 1. The van der Waals surface area contributed by atoms with E-state index in [1.165, 1.54) is 57.8 Å². The van der Waals surface area contributed by atoms with Crippen molar-refractivity contribution in [2.75, 3.05) is 11.4 Å². The second kappa shape index (κ2) is 7.24. The number of benzene rings is 1. The first-order chi connectivity index (χ1) is 13.2. The van der Waals surface area contributed by atoms with Gasteiger partial charge < -0.3 is 10.2 Å². The standard InChI is InChI=1S/C24H34N2O/c27-23(17-25-24-14-18-11-19(15-24)13-20(12-18)16-24)26(21-7-3-1-4-8-21)22-9-5-2-6-10-22/h1,3-4,7-8,18-20,22,25H,2,5-6,9-17H2. The van der Waals surface area contributed by atoms with E-state index < -0.39 is 0 Å². The molecule has 0 heterocycles. The molecule has 5 aliphatic rings. The number of hydrogen-bond donors (Lipinski definition) is 1. The van der Waals surface area contributed by atoms with E-state index in [0.717, 1.165) is 36.3 Å². The molecule has 1 amide bonds. The first-order valence-corrected chi connectivity index (χ1v) is 11.3. The van der Waals surface area contributed by atoms with Crippen LogP contribution in [-0.2, 0) is 4.79 Å². The maximum atomic E-state index is 13.4. The summed E-state index contributed by atoms with van der Waals surface area (Å²) < 4.78 is 0. The van der Waals surface area contributed by atoms with Crippen molar-refractivity contribution < 1.29 is 4.79 Å². The number of rotatable bonds is 5. The molecule has 6 rings (SSSR count). The zero-order valence-electron chi connectivity index (χ0n) is 16.5. The molecule has 1 N–H and O–H groups in total. The van der Waals surface area contributed by atoms with E-state index in [2.05, 4.69) is 34.5 Å². The van der Waals surface area contributed by atoms with Gasteiger partial charge in [0.2, 0.25) is 5.91 Å². The second-order valence-electron chi connectivity index (χ2n) is 9.94. The lowest BCUT2D eigenvalue weighted by Crippen LogP contribution is -2.60. The molecule has 0 aromatic heterocycles. The maximum Gasteiger partial charge on any atom is 0.241 e. The van der Waals surface area contributed by atoms with Crippen LogP contribution in [0.15, 0.2) is 30.3 Å². The molecule has 0 radical (unpaired) electrons. The molecule has 1 aromatic rings. The topological polar surface area (TPSA) is 32.3 Å². The Labute approximate surface area is 163 Å². The molecule has 0 aliphatic heterocycles. The number of anilines is 1. The SMILES string of the molecule is O=C(CNC12CC3CC(CC(C3)C1)C2)N(c1ccccc1)C1CCCCC1. The van der Waals surface area contributed by atoms with Gasteiger partial charge in [0, 0.05) is 17.3 Å². The molecule has 5 saturated carbocycles. The summed E-state index contributed by atoms with van der Waals surface area (Å²) in [6.45, 7) is 0.511. The molecular formula is C24H34N2O. The summed E-state index contributed by atoms with van der Waals surface area (Å²) in [5.74, 6) is 3.04. The van der Waals surface area contributed by atoms with Crippen LogP contribution in [-0.4, -0.2) is 24.0 Å². The van der Waals surface area contributed by atoms with Crippen LogP contribution in [0.3, 0.4) is 0 Å². The number of nitrogens with one attached hydrogen (secondary N) is 1. The largest absolute Gasteiger partial charge is 0.308 e. The van der Waals surface area contributed by atoms with Crippen molar-refractivity contribution in [2.45, 2.75) is 82.2 Å². The first kappa shape index (κ1) is 17.7. The summed E-state index contributed by atoms with van der Waals surface area (Å²) in [5.41, 5.74) is 1.35. The summed E-state index contributed by atoms with van der Waals surface area (Å²) in [6, 6.07) is 10.8. The Bertz CT molecular complexity index is 629. The highest BCUT2D eigenvalue weighted by Crippen LogP contribution is 2.55. The Morgan fingerprint density at radius 1 is 0.926 bits per heavy atom. The van der Waals surface area contributed by atoms with Crippen LogP contribution in [0.25, 0.3) is 0 Å². The molecule has 0 saturated heterocycles. The van der Waals surface area contributed by atoms with E-state index in [0.29, 0.717) is 12.6 Å². The van der Waals surface area contributed by atoms with E-state index >= 15 is 0 Å². The number of hydrogen-bond acceptors (Lipinski definition) is 2. The maximum absolute atomic E-state index is 13.4. The van der Waals surface area contributed by atoms with Gasteiger partial charge in [0.15, 0.2) is 0 Å². The van der Waals surface area contributed by atoms with Crippen molar-refractivity contribution in [3.8, 4) is 0 Å². The summed E-state index contributed by atoms with van der Waals surface area (Å²) in [6.07, 6.45) is 14.4. The van der Waals surface area contributed by atoms with Gasteiger partial charge in [-0.2, -0.15) is 0 Å². The smallest absolute Gasteiger partial charge is 0.241 e. The summed E-state index contributed by atoms with van der Waals surface area (Å²) in [5, 5.41) is 3.83. The number of carbonyl (C=O) groups excluding carboxylic acids is 1. The molecule has 0 atom stereocenters. The van der Waals surface area contributed by atoms with E-state index in [1.54, 1.807) is 0 Å². The quantitative estimate of drug-likeness (QED) is 0.803. The fourth-order valence-electron chi connectivity index (χ4n) is 7.16. The Balaban J connectivity index is 1.30. The zero-order chi connectivity index (χ0) is 18.3. The van der Waals surface area contributed by atoms with Crippen LogP contribution in [0.4, 0.5) is 5.69 Å². The molecular weight excluding hydrogens is 332 g/mol. The van der Waals surface area contributed by atoms with Crippen molar-refractivity contribution >= 4 is 11.6 Å². The van der Waals surface area contributed by atoms with E-state index in [4.69, 9.17) is 0 Å². The van der Waals surface area contributed by atoms with Gasteiger partial charge in [0.05, 0.1) is 6.54 Å². The van der Waals surface area contributed by atoms with E-state index in [-0.39, 0.29) is 11.4 Å². The summed E-state index contributed by atoms with van der Waals surface area (Å²) >= 11 is 0. The van der Waals surface area contributed by atoms with Gasteiger partial charge in [-0.15, -0.1) is 0 Å². The van der Waals surface area contributed by atoms with Gasteiger partial charge in [-0.25, -0.2) is 0 Å². The molecule has 3 heteroatoms. The molecule has 5 fully saturated rings.